The Kier molecular flexibility index (Phi) is 5.84. The van der Waals surface area contributed by atoms with Crippen LogP contribution in [0.15, 0.2) is 0 Å². The van der Waals surface area contributed by atoms with Crippen LogP contribution >= 0.6 is 0 Å². The average Bonchev–Trinajstić information content (AvgIpc) is 2.15. The van der Waals surface area contributed by atoms with Crippen LogP contribution in [0.1, 0.15) is 13.3 Å². The first kappa shape index (κ1) is 13.2. The lowest BCUT2D eigenvalue weighted by Crippen LogP contribution is -2.45. The molecule has 7 heteroatoms. The summed E-state index contributed by atoms with van der Waals surface area (Å²) < 4.78 is 4.38. The summed E-state index contributed by atoms with van der Waals surface area (Å²) in [6.07, 6.45) is -0.167. The van der Waals surface area contributed by atoms with E-state index in [0.29, 0.717) is 0 Å². The Morgan fingerprint density at radius 2 is 2.00 bits per heavy atom. The Morgan fingerprint density at radius 1 is 1.40 bits per heavy atom. The highest BCUT2D eigenvalue weighted by Gasteiger charge is 2.15. The highest BCUT2D eigenvalue weighted by Crippen LogP contribution is 1.85. The van der Waals surface area contributed by atoms with Crippen LogP contribution in [0.2, 0.25) is 0 Å². The number of methoxy groups -OCH3 is 1. The van der Waals surface area contributed by atoms with Gasteiger partial charge < -0.3 is 20.5 Å². The van der Waals surface area contributed by atoms with E-state index >= 15 is 0 Å². The van der Waals surface area contributed by atoms with Gasteiger partial charge in [0.1, 0.15) is 6.04 Å². The molecule has 1 unspecified atom stereocenters. The molecule has 0 aliphatic rings. The van der Waals surface area contributed by atoms with E-state index in [2.05, 4.69) is 15.4 Å². The summed E-state index contributed by atoms with van der Waals surface area (Å²) in [7, 11) is 1.21. The minimum atomic E-state index is -1.00. The number of hydrogen-bond acceptors (Lipinski definition) is 4. The second kappa shape index (κ2) is 6.63. The standard InChI is InChI=1S/C8H14N2O5/c1-5(7(13)15-2)10-8(14)9-4-3-6(11)12/h5H,3-4H2,1-2H3,(H,11,12)(H2,9,10,14). The number of ether oxygens (including phenoxy) is 1. The topological polar surface area (TPSA) is 105 Å². The number of amides is 2. The lowest BCUT2D eigenvalue weighted by atomic mass is 10.3. The molecule has 0 heterocycles. The molecule has 86 valence electrons. The van der Waals surface area contributed by atoms with E-state index in [9.17, 15) is 14.4 Å². The van der Waals surface area contributed by atoms with Gasteiger partial charge in [0.25, 0.3) is 0 Å². The van der Waals surface area contributed by atoms with Gasteiger partial charge in [0.05, 0.1) is 13.5 Å². The Bertz CT molecular complexity index is 253. The summed E-state index contributed by atoms with van der Waals surface area (Å²) in [6.45, 7) is 1.47. The van der Waals surface area contributed by atoms with Gasteiger partial charge >= 0.3 is 18.0 Å². The molecular weight excluding hydrogens is 204 g/mol. The van der Waals surface area contributed by atoms with E-state index in [1.54, 1.807) is 0 Å². The number of aliphatic carboxylic acids is 1. The molecule has 0 spiro atoms. The van der Waals surface area contributed by atoms with Crippen LogP contribution in [0.3, 0.4) is 0 Å². The smallest absolute Gasteiger partial charge is 0.328 e. The van der Waals surface area contributed by atoms with Crippen molar-refractivity contribution in [3.63, 3.8) is 0 Å². The Balaban J connectivity index is 3.74. The zero-order valence-corrected chi connectivity index (χ0v) is 8.57. The maximum absolute atomic E-state index is 11.0. The fourth-order valence-electron chi connectivity index (χ4n) is 0.766. The molecular formula is C8H14N2O5. The van der Waals surface area contributed by atoms with Gasteiger partial charge in [-0.2, -0.15) is 0 Å². The third-order valence-corrected chi connectivity index (χ3v) is 1.53. The van der Waals surface area contributed by atoms with Crippen LogP contribution in [-0.4, -0.2) is 42.8 Å². The number of urea groups is 1. The van der Waals surface area contributed by atoms with Crippen LogP contribution in [0.5, 0.6) is 0 Å². The van der Waals surface area contributed by atoms with Crippen LogP contribution in [0, 0.1) is 0 Å². The molecule has 0 saturated carbocycles. The van der Waals surface area contributed by atoms with E-state index in [1.807, 2.05) is 0 Å². The summed E-state index contributed by atoms with van der Waals surface area (Å²) >= 11 is 0. The molecule has 1 atom stereocenters. The second-order valence-corrected chi connectivity index (χ2v) is 2.79. The van der Waals surface area contributed by atoms with Crippen molar-refractivity contribution in [1.29, 1.82) is 0 Å². The van der Waals surface area contributed by atoms with E-state index < -0.39 is 24.0 Å². The molecule has 0 radical (unpaired) electrons. The summed E-state index contributed by atoms with van der Waals surface area (Å²) in [4.78, 5) is 32.0. The van der Waals surface area contributed by atoms with Crippen LogP contribution in [0.25, 0.3) is 0 Å². The first-order chi connectivity index (χ1) is 6.97. The number of hydrogen-bond donors (Lipinski definition) is 3. The first-order valence-corrected chi connectivity index (χ1v) is 4.31. The van der Waals surface area contributed by atoms with Crippen molar-refractivity contribution in [2.45, 2.75) is 19.4 Å². The van der Waals surface area contributed by atoms with Gasteiger partial charge in [-0.3, -0.25) is 4.79 Å². The van der Waals surface area contributed by atoms with E-state index in [4.69, 9.17) is 5.11 Å². The summed E-state index contributed by atoms with van der Waals surface area (Å²) in [5.74, 6) is -1.57. The van der Waals surface area contributed by atoms with Gasteiger partial charge in [-0.25, -0.2) is 9.59 Å². The van der Waals surface area contributed by atoms with Gasteiger partial charge in [0.15, 0.2) is 0 Å². The van der Waals surface area contributed by atoms with Crippen LogP contribution in [0.4, 0.5) is 4.79 Å². The van der Waals surface area contributed by atoms with Gasteiger partial charge in [0, 0.05) is 6.54 Å². The monoisotopic (exact) mass is 218 g/mol. The van der Waals surface area contributed by atoms with Crippen molar-refractivity contribution in [3.05, 3.63) is 0 Å². The lowest BCUT2D eigenvalue weighted by molar-refractivity contribution is -0.142. The molecule has 3 N–H and O–H groups in total. The van der Waals surface area contributed by atoms with E-state index in [-0.39, 0.29) is 13.0 Å². The number of esters is 1. The Labute approximate surface area is 86.8 Å². The van der Waals surface area contributed by atoms with Crippen molar-refractivity contribution in [2.24, 2.45) is 0 Å². The molecule has 2 amide bonds. The molecule has 7 nitrogen and oxygen atoms in total. The van der Waals surface area contributed by atoms with Gasteiger partial charge in [-0.1, -0.05) is 0 Å². The third kappa shape index (κ3) is 6.30. The SMILES string of the molecule is COC(=O)C(C)NC(=O)NCCC(=O)O. The van der Waals surface area contributed by atoms with Crippen LogP contribution < -0.4 is 10.6 Å². The van der Waals surface area contributed by atoms with Gasteiger partial charge in [0.2, 0.25) is 0 Å². The average molecular weight is 218 g/mol. The van der Waals surface area contributed by atoms with Crippen LogP contribution in [-0.2, 0) is 14.3 Å². The number of carboxylic acids is 1. The maximum atomic E-state index is 11.0. The molecule has 0 saturated heterocycles. The molecule has 0 aromatic rings. The highest BCUT2D eigenvalue weighted by atomic mass is 16.5. The predicted molar refractivity (Wildman–Crippen MR) is 50.3 cm³/mol. The lowest BCUT2D eigenvalue weighted by Gasteiger charge is -2.11. The summed E-state index contributed by atoms with van der Waals surface area (Å²) in [5.41, 5.74) is 0. The normalized spacial score (nSPS) is 11.3. The second-order valence-electron chi connectivity index (χ2n) is 2.79. The Hall–Kier alpha value is -1.79. The zero-order chi connectivity index (χ0) is 11.8. The van der Waals surface area contributed by atoms with Gasteiger partial charge in [-0.15, -0.1) is 0 Å². The van der Waals surface area contributed by atoms with E-state index in [0.717, 1.165) is 0 Å². The summed E-state index contributed by atoms with van der Waals surface area (Å²) in [5, 5.41) is 12.9. The van der Waals surface area contributed by atoms with Crippen molar-refractivity contribution in [1.82, 2.24) is 10.6 Å². The molecule has 0 aromatic carbocycles. The minimum Gasteiger partial charge on any atom is -0.481 e. The largest absolute Gasteiger partial charge is 0.481 e. The summed E-state index contributed by atoms with van der Waals surface area (Å²) in [6, 6.07) is -1.37. The number of carboxylic acid groups (broad SMARTS) is 1. The predicted octanol–water partition coefficient (Wildman–Crippen LogP) is -0.678. The maximum Gasteiger partial charge on any atom is 0.328 e. The molecule has 0 bridgehead atoms. The van der Waals surface area contributed by atoms with Crippen molar-refractivity contribution in [3.8, 4) is 0 Å². The molecule has 0 rings (SSSR count). The van der Waals surface area contributed by atoms with Gasteiger partial charge in [-0.05, 0) is 6.92 Å². The number of carbonyl (C=O) groups is 3. The molecule has 0 aliphatic carbocycles. The molecule has 0 aromatic heterocycles. The van der Waals surface area contributed by atoms with Crippen molar-refractivity contribution < 1.29 is 24.2 Å². The minimum absolute atomic E-state index is 0.00899. The highest BCUT2D eigenvalue weighted by molar-refractivity contribution is 5.83. The Morgan fingerprint density at radius 3 is 2.47 bits per heavy atom. The third-order valence-electron chi connectivity index (χ3n) is 1.53. The van der Waals surface area contributed by atoms with E-state index in [1.165, 1.54) is 14.0 Å². The molecule has 0 fully saturated rings. The quantitative estimate of drug-likeness (QED) is 0.530. The number of carbonyl (C=O) groups excluding carboxylic acids is 2. The first-order valence-electron chi connectivity index (χ1n) is 4.31. The van der Waals surface area contributed by atoms with Crippen molar-refractivity contribution in [2.75, 3.05) is 13.7 Å². The molecule has 0 aliphatic heterocycles. The molecule has 15 heavy (non-hydrogen) atoms. The van der Waals surface area contributed by atoms with Crippen molar-refractivity contribution >= 4 is 18.0 Å². The zero-order valence-electron chi connectivity index (χ0n) is 8.57. The fourth-order valence-corrected chi connectivity index (χ4v) is 0.766. The number of rotatable bonds is 5. The fraction of sp³-hybridized carbons (Fsp3) is 0.625. The number of nitrogens with one attached hydrogen (secondary N) is 2.